The second-order valence-electron chi connectivity index (χ2n) is 18.5. The van der Waals surface area contributed by atoms with Crippen LogP contribution < -0.4 is 9.30 Å². The van der Waals surface area contributed by atoms with Gasteiger partial charge in [-0.25, -0.2) is 4.98 Å². The van der Waals surface area contributed by atoms with Gasteiger partial charge in [-0.3, -0.25) is 4.57 Å². The van der Waals surface area contributed by atoms with E-state index in [2.05, 4.69) is 125 Å². The van der Waals surface area contributed by atoms with Crippen molar-refractivity contribution in [3.05, 3.63) is 224 Å². The predicted octanol–water partition coefficient (Wildman–Crippen LogP) is 15.2. The van der Waals surface area contributed by atoms with Crippen molar-refractivity contribution in [3.63, 3.8) is 0 Å². The normalized spacial score (nSPS) is 13.9. The maximum Gasteiger partial charge on any atom is 0.268 e. The van der Waals surface area contributed by atoms with Crippen LogP contribution >= 0.6 is 0 Å². The van der Waals surface area contributed by atoms with Crippen LogP contribution in [0.15, 0.2) is 194 Å². The minimum absolute atomic E-state index is 0. The number of para-hydroxylation sites is 3. The van der Waals surface area contributed by atoms with Gasteiger partial charge in [-0.2, -0.15) is 18.2 Å². The maximum absolute atomic E-state index is 9.06. The van der Waals surface area contributed by atoms with Crippen molar-refractivity contribution >= 4 is 32.8 Å². The van der Waals surface area contributed by atoms with Crippen LogP contribution in [0.1, 0.15) is 66.4 Å². The van der Waals surface area contributed by atoms with Crippen LogP contribution in [-0.4, -0.2) is 14.1 Å². The van der Waals surface area contributed by atoms with Crippen molar-refractivity contribution in [2.24, 2.45) is 0 Å². The Morgan fingerprint density at radius 1 is 0.588 bits per heavy atom. The van der Waals surface area contributed by atoms with Crippen molar-refractivity contribution in [3.8, 4) is 62.1 Å². The molecule has 8 aromatic carbocycles. The molecule has 0 fully saturated rings. The second-order valence-corrected chi connectivity index (χ2v) is 18.5. The molecule has 0 aliphatic rings. The zero-order chi connectivity index (χ0) is 54.6. The topological polar surface area (TPSA) is 35.9 Å². The summed E-state index contributed by atoms with van der Waals surface area (Å²) >= 11 is 0. The molecule has 0 N–H and O–H groups in total. The molecular weight excluding hydrogens is 1010 g/mol. The van der Waals surface area contributed by atoms with Gasteiger partial charge in [-0.05, 0) is 84.6 Å². The summed E-state index contributed by atoms with van der Waals surface area (Å²) in [5, 5.41) is 2.03. The van der Waals surface area contributed by atoms with Crippen LogP contribution in [0.25, 0.3) is 83.4 Å². The maximum atomic E-state index is 9.06. The number of hydrogen-bond acceptors (Lipinski definition) is 2. The number of hydrogen-bond donors (Lipinski definition) is 0. The summed E-state index contributed by atoms with van der Waals surface area (Å²) in [5.74, 6) is 1.52. The Morgan fingerprint density at radius 2 is 1.21 bits per heavy atom. The van der Waals surface area contributed by atoms with E-state index < -0.39 is 60.4 Å². The van der Waals surface area contributed by atoms with E-state index in [0.29, 0.717) is 28.2 Å². The standard InChI is InChI=1S/C62H50N4O.Pt/c1-61(2,3)44-36-37-63-58(38-44)66-56-33-19-29-51(50-26-13-14-30-53(50)62(4,5)6)59(56)52-35-34-47(40-57(52)66)67-46-25-17-24-45(39-46)64-41-65(55-32-16-15-31-54(55)64)60-48(42-20-9-7-10-21-42)27-18-28-49(60)43-22-11-8-12-23-43;/h7-38H,1-6H3;/q-2;/i7D,8D,9D,10D,11D,12D,20D,21D,22D,23D;. The zero-order valence-electron chi connectivity index (χ0n) is 48.2. The van der Waals surface area contributed by atoms with Gasteiger partial charge in [-0.15, -0.1) is 29.7 Å². The van der Waals surface area contributed by atoms with E-state index in [0.717, 1.165) is 44.3 Å². The molecule has 0 spiro atoms. The molecule has 0 atom stereocenters. The largest absolute Gasteiger partial charge is 0.510 e. The molecule has 0 saturated heterocycles. The summed E-state index contributed by atoms with van der Waals surface area (Å²) in [4.78, 5) is 4.95. The quantitative estimate of drug-likeness (QED) is 0.112. The van der Waals surface area contributed by atoms with E-state index in [1.54, 1.807) is 33.4 Å². The minimum atomic E-state index is -0.574. The third-order valence-electron chi connectivity index (χ3n) is 12.1. The van der Waals surface area contributed by atoms with Crippen LogP contribution in [0.3, 0.4) is 0 Å². The van der Waals surface area contributed by atoms with Gasteiger partial charge in [0.1, 0.15) is 5.82 Å². The first-order chi connectivity index (χ1) is 36.6. The molecule has 6 heteroatoms. The first kappa shape index (κ1) is 34.0. The molecule has 0 amide bonds. The predicted molar refractivity (Wildman–Crippen MR) is 274 cm³/mol. The summed E-state index contributed by atoms with van der Waals surface area (Å²) in [7, 11) is 0. The smallest absolute Gasteiger partial charge is 0.268 e. The molecule has 5 nitrogen and oxygen atoms in total. The minimum Gasteiger partial charge on any atom is -0.510 e. The first-order valence-corrected chi connectivity index (χ1v) is 22.1. The van der Waals surface area contributed by atoms with E-state index in [4.69, 9.17) is 23.4 Å². The monoisotopic (exact) mass is 1070 g/mol. The van der Waals surface area contributed by atoms with Gasteiger partial charge in [0.25, 0.3) is 6.33 Å². The molecule has 336 valence electrons. The molecule has 11 rings (SSSR count). The third-order valence-corrected chi connectivity index (χ3v) is 12.1. The number of fused-ring (bicyclic) bond motifs is 4. The van der Waals surface area contributed by atoms with Gasteiger partial charge in [-0.1, -0.05) is 186 Å². The van der Waals surface area contributed by atoms with Crippen molar-refractivity contribution in [2.45, 2.75) is 52.4 Å². The first-order valence-electron chi connectivity index (χ1n) is 27.1. The average molecular weight is 1070 g/mol. The Bertz CT molecular complexity index is 4100. The Morgan fingerprint density at radius 3 is 1.93 bits per heavy atom. The molecule has 0 saturated carbocycles. The summed E-state index contributed by atoms with van der Waals surface area (Å²) in [6.07, 6.45) is 5.28. The third kappa shape index (κ3) is 8.05. The average Bonchev–Trinajstić information content (AvgIpc) is 4.00. The fourth-order valence-electron chi connectivity index (χ4n) is 8.98. The van der Waals surface area contributed by atoms with E-state index in [1.807, 2.05) is 48.7 Å². The number of aromatic nitrogens is 4. The number of rotatable bonds is 8. The molecule has 3 aromatic heterocycles. The summed E-state index contributed by atoms with van der Waals surface area (Å²) in [6, 6.07) is 42.4. The van der Waals surface area contributed by atoms with Crippen LogP contribution in [-0.2, 0) is 31.9 Å². The fraction of sp³-hybridized carbons (Fsp3) is 0.129. The van der Waals surface area contributed by atoms with Gasteiger partial charge >= 0.3 is 0 Å². The van der Waals surface area contributed by atoms with Crippen LogP contribution in [0, 0.1) is 18.5 Å². The van der Waals surface area contributed by atoms with Crippen LogP contribution in [0.5, 0.6) is 11.5 Å². The van der Waals surface area contributed by atoms with Crippen molar-refractivity contribution in [1.29, 1.82) is 0 Å². The SMILES string of the molecule is [2H]c1c([2H])c([2H])c(-c2cccc(-c3c([2H])c([2H])c([2H])c([2H])c3[2H])c2-[n+]2[c-]n(-c3[c-]c(Oc4[c-]c5c(cc4)c4c(-c6ccccc6C(C)(C)C)cccc4n5-c4cc(C(C)(C)C)ccn4)ccc3)c3ccccc32)c([2H])c1[2H].[Pt]. The Balaban J connectivity index is 0.00000688. The number of nitrogens with zero attached hydrogens (tertiary/aromatic N) is 4. The number of imidazole rings is 1. The number of ether oxygens (including phenoxy) is 1. The molecule has 0 radical (unpaired) electrons. The summed E-state index contributed by atoms with van der Waals surface area (Å²) in [5.41, 5.74) is 7.85. The number of pyridine rings is 1. The van der Waals surface area contributed by atoms with E-state index in [9.17, 15) is 0 Å². The molecule has 11 aromatic rings. The number of benzene rings is 8. The van der Waals surface area contributed by atoms with Crippen molar-refractivity contribution in [1.82, 2.24) is 14.1 Å². The molecule has 0 aliphatic heterocycles. The Kier molecular flexibility index (Phi) is 8.87. The zero-order valence-corrected chi connectivity index (χ0v) is 40.5. The molecule has 0 bridgehead atoms. The van der Waals surface area contributed by atoms with Crippen LogP contribution in [0.4, 0.5) is 0 Å². The fourth-order valence-corrected chi connectivity index (χ4v) is 8.98. The summed E-state index contributed by atoms with van der Waals surface area (Å²) in [6.45, 7) is 13.2. The van der Waals surface area contributed by atoms with E-state index >= 15 is 0 Å². The molecule has 0 aliphatic carbocycles. The molecule has 0 unspecified atom stereocenters. The Hall–Kier alpha value is -7.33. The van der Waals surface area contributed by atoms with Crippen molar-refractivity contribution in [2.75, 3.05) is 0 Å². The second kappa shape index (κ2) is 17.7. The molecule has 68 heavy (non-hydrogen) atoms. The molecule has 3 heterocycles. The van der Waals surface area contributed by atoms with Gasteiger partial charge < -0.3 is 13.9 Å². The van der Waals surface area contributed by atoms with Crippen LogP contribution in [0.2, 0.25) is 0 Å². The summed E-state index contributed by atoms with van der Waals surface area (Å²) < 4.78 is 99.6. The van der Waals surface area contributed by atoms with E-state index in [-0.39, 0.29) is 59.8 Å². The van der Waals surface area contributed by atoms with Gasteiger partial charge in [0.05, 0.1) is 30.4 Å². The van der Waals surface area contributed by atoms with Crippen molar-refractivity contribution < 1.29 is 44.1 Å². The van der Waals surface area contributed by atoms with E-state index in [1.165, 1.54) is 5.56 Å². The molecular formula is C62H50N4OPt-2. The van der Waals surface area contributed by atoms with Gasteiger partial charge in [0, 0.05) is 44.3 Å². The Labute approximate surface area is 427 Å². The van der Waals surface area contributed by atoms with Gasteiger partial charge in [0.15, 0.2) is 0 Å². The van der Waals surface area contributed by atoms with Gasteiger partial charge in [0.2, 0.25) is 0 Å².